The van der Waals surface area contributed by atoms with E-state index in [0.717, 1.165) is 15.0 Å². The summed E-state index contributed by atoms with van der Waals surface area (Å²) in [6, 6.07) is 13.0. The van der Waals surface area contributed by atoms with E-state index in [1.165, 1.54) is 31.1 Å². The van der Waals surface area contributed by atoms with Gasteiger partial charge in [-0.05, 0) is 49.6 Å². The molecule has 10 heteroatoms. The maximum Gasteiger partial charge on any atom is 0.304 e. The zero-order chi connectivity index (χ0) is 26.2. The molecule has 0 aromatic heterocycles. The molecule has 2 aromatic carbocycles. The summed E-state index contributed by atoms with van der Waals surface area (Å²) in [5.41, 5.74) is 0.949. The number of rotatable bonds is 12. The minimum Gasteiger partial charge on any atom is -0.352 e. The van der Waals surface area contributed by atoms with Crippen molar-refractivity contribution in [1.82, 2.24) is 14.5 Å². The lowest BCUT2D eigenvalue weighted by Gasteiger charge is -2.34. The lowest BCUT2D eigenvalue weighted by molar-refractivity contribution is -0.140. The summed E-state index contributed by atoms with van der Waals surface area (Å²) in [5.74, 6) is -1.28. The first-order valence-electron chi connectivity index (χ1n) is 11.6. The number of para-hydroxylation sites is 1. The number of nitrogens with one attached hydrogen (secondary N) is 1. The highest BCUT2D eigenvalue weighted by Gasteiger charge is 2.33. The second-order valence-corrected chi connectivity index (χ2v) is 10.6. The fourth-order valence-electron chi connectivity index (χ4n) is 3.46. The van der Waals surface area contributed by atoms with E-state index < -0.39 is 34.5 Å². The number of nitrogens with zero attached hydrogens (tertiary/aromatic N) is 3. The molecular weight excluding hydrogens is 471 g/mol. The van der Waals surface area contributed by atoms with E-state index in [-0.39, 0.29) is 18.5 Å². The molecule has 35 heavy (non-hydrogen) atoms. The number of anilines is 1. The summed E-state index contributed by atoms with van der Waals surface area (Å²) < 4.78 is 41.7. The Morgan fingerprint density at radius 2 is 1.57 bits per heavy atom. The topological polar surface area (TPSA) is 90.0 Å². The van der Waals surface area contributed by atoms with Crippen LogP contribution in [0.4, 0.5) is 10.1 Å². The van der Waals surface area contributed by atoms with Gasteiger partial charge in [0, 0.05) is 26.7 Å². The van der Waals surface area contributed by atoms with Crippen LogP contribution in [0.25, 0.3) is 0 Å². The summed E-state index contributed by atoms with van der Waals surface area (Å²) >= 11 is 0. The molecule has 0 heterocycles. The van der Waals surface area contributed by atoms with Crippen LogP contribution in [0.2, 0.25) is 0 Å². The van der Waals surface area contributed by atoms with Crippen molar-refractivity contribution in [3.05, 3.63) is 66.0 Å². The van der Waals surface area contributed by atoms with Gasteiger partial charge >= 0.3 is 10.2 Å². The van der Waals surface area contributed by atoms with Gasteiger partial charge in [-0.15, -0.1) is 0 Å². The van der Waals surface area contributed by atoms with E-state index in [2.05, 4.69) is 5.32 Å². The van der Waals surface area contributed by atoms with Gasteiger partial charge in [0.2, 0.25) is 11.8 Å². The summed E-state index contributed by atoms with van der Waals surface area (Å²) in [4.78, 5) is 28.1. The zero-order valence-electron chi connectivity index (χ0n) is 20.9. The zero-order valence-corrected chi connectivity index (χ0v) is 21.8. The van der Waals surface area contributed by atoms with Crippen LogP contribution in [0.15, 0.2) is 54.6 Å². The average Bonchev–Trinajstić information content (AvgIpc) is 2.83. The van der Waals surface area contributed by atoms with Gasteiger partial charge in [-0.3, -0.25) is 9.59 Å². The largest absolute Gasteiger partial charge is 0.352 e. The van der Waals surface area contributed by atoms with Crippen LogP contribution in [0.1, 0.15) is 39.2 Å². The number of benzene rings is 2. The van der Waals surface area contributed by atoms with Crippen molar-refractivity contribution < 1.29 is 22.4 Å². The second-order valence-electron chi connectivity index (χ2n) is 8.52. The van der Waals surface area contributed by atoms with Gasteiger partial charge in [-0.1, -0.05) is 44.2 Å². The van der Waals surface area contributed by atoms with Crippen molar-refractivity contribution in [2.45, 2.75) is 52.2 Å². The van der Waals surface area contributed by atoms with Crippen molar-refractivity contribution in [1.29, 1.82) is 0 Å². The Balaban J connectivity index is 2.46. The van der Waals surface area contributed by atoms with Crippen molar-refractivity contribution >= 4 is 27.7 Å². The standard InChI is InChI=1S/C25H35FN4O4S/c1-6-19(3)27-25(32)23(7-2)29(17-20-13-15-21(26)16-14-20)24(31)18-30(35(33,34)28(4)5)22-11-9-8-10-12-22/h8-16,19,23H,6-7,17-18H2,1-5H3,(H,27,32)/t19-,23-/m0/s1. The molecule has 0 saturated carbocycles. The van der Waals surface area contributed by atoms with E-state index >= 15 is 0 Å². The van der Waals surface area contributed by atoms with Gasteiger partial charge < -0.3 is 10.2 Å². The SMILES string of the molecule is CC[C@H](C)NC(=O)[C@H](CC)N(Cc1ccc(F)cc1)C(=O)CN(c1ccccc1)S(=O)(=O)N(C)C. The molecule has 2 atom stereocenters. The second kappa shape index (κ2) is 12.6. The smallest absolute Gasteiger partial charge is 0.304 e. The molecule has 0 unspecified atom stereocenters. The van der Waals surface area contributed by atoms with Crippen LogP contribution >= 0.6 is 0 Å². The molecule has 0 aliphatic heterocycles. The Bertz CT molecular complexity index is 1080. The molecule has 0 radical (unpaired) electrons. The first-order chi connectivity index (χ1) is 16.5. The van der Waals surface area contributed by atoms with Crippen LogP contribution in [-0.4, -0.2) is 62.2 Å². The first-order valence-corrected chi connectivity index (χ1v) is 13.0. The van der Waals surface area contributed by atoms with Gasteiger partial charge in [-0.25, -0.2) is 8.70 Å². The molecule has 0 spiro atoms. The molecule has 0 aliphatic rings. The Morgan fingerprint density at radius 1 is 0.971 bits per heavy atom. The van der Waals surface area contributed by atoms with E-state index in [0.29, 0.717) is 17.7 Å². The highest BCUT2D eigenvalue weighted by molar-refractivity contribution is 7.90. The minimum atomic E-state index is -4.01. The molecule has 2 rings (SSSR count). The molecule has 0 saturated heterocycles. The lowest BCUT2D eigenvalue weighted by atomic mass is 10.1. The van der Waals surface area contributed by atoms with Gasteiger partial charge in [0.15, 0.2) is 0 Å². The fraction of sp³-hybridized carbons (Fsp3) is 0.440. The number of halogens is 1. The Hall–Kier alpha value is -2.98. The van der Waals surface area contributed by atoms with Crippen molar-refractivity contribution in [2.24, 2.45) is 0 Å². The van der Waals surface area contributed by atoms with E-state index in [9.17, 15) is 22.4 Å². The highest BCUT2D eigenvalue weighted by atomic mass is 32.2. The van der Waals surface area contributed by atoms with Gasteiger partial charge in [0.25, 0.3) is 0 Å². The molecule has 2 amide bonds. The van der Waals surface area contributed by atoms with Gasteiger partial charge in [0.05, 0.1) is 5.69 Å². The number of amides is 2. The lowest BCUT2D eigenvalue weighted by Crippen LogP contribution is -2.54. The maximum atomic E-state index is 13.7. The number of carbonyl (C=O) groups excluding carboxylic acids is 2. The van der Waals surface area contributed by atoms with Crippen LogP contribution < -0.4 is 9.62 Å². The normalized spacial score (nSPS) is 13.2. The monoisotopic (exact) mass is 506 g/mol. The molecule has 1 N–H and O–H groups in total. The van der Waals surface area contributed by atoms with Crippen LogP contribution in [-0.2, 0) is 26.3 Å². The highest BCUT2D eigenvalue weighted by Crippen LogP contribution is 2.21. The van der Waals surface area contributed by atoms with Crippen molar-refractivity contribution in [3.63, 3.8) is 0 Å². The molecule has 0 aliphatic carbocycles. The van der Waals surface area contributed by atoms with Crippen molar-refractivity contribution in [2.75, 3.05) is 24.9 Å². The predicted octanol–water partition coefficient (Wildman–Crippen LogP) is 3.16. The molecule has 0 fully saturated rings. The molecule has 2 aromatic rings. The van der Waals surface area contributed by atoms with Crippen LogP contribution in [0.5, 0.6) is 0 Å². The maximum absolute atomic E-state index is 13.7. The minimum absolute atomic E-state index is 0.0240. The molecular formula is C25H35FN4O4S. The predicted molar refractivity (Wildman–Crippen MR) is 135 cm³/mol. The fourth-order valence-corrected chi connectivity index (χ4v) is 4.51. The summed E-state index contributed by atoms with van der Waals surface area (Å²) in [5, 5.41) is 2.91. The quantitative estimate of drug-likeness (QED) is 0.479. The molecule has 8 nitrogen and oxygen atoms in total. The summed E-state index contributed by atoms with van der Waals surface area (Å²) in [6.45, 7) is 5.13. The van der Waals surface area contributed by atoms with Gasteiger partial charge in [-0.2, -0.15) is 12.7 Å². The number of carbonyl (C=O) groups is 2. The van der Waals surface area contributed by atoms with Crippen LogP contribution in [0, 0.1) is 5.82 Å². The third kappa shape index (κ3) is 7.50. The Labute approximate surface area is 207 Å². The summed E-state index contributed by atoms with van der Waals surface area (Å²) in [6.07, 6.45) is 1.04. The van der Waals surface area contributed by atoms with E-state index in [1.807, 2.05) is 13.8 Å². The third-order valence-corrected chi connectivity index (χ3v) is 7.54. The van der Waals surface area contributed by atoms with Gasteiger partial charge in [0.1, 0.15) is 18.4 Å². The first kappa shape index (κ1) is 28.3. The molecule has 0 bridgehead atoms. The Kier molecular flexibility index (Phi) is 10.2. The molecule has 192 valence electrons. The number of hydrogen-bond donors (Lipinski definition) is 1. The average molecular weight is 507 g/mol. The summed E-state index contributed by atoms with van der Waals surface area (Å²) in [7, 11) is -1.23. The van der Waals surface area contributed by atoms with E-state index in [4.69, 9.17) is 0 Å². The van der Waals surface area contributed by atoms with Crippen molar-refractivity contribution in [3.8, 4) is 0 Å². The Morgan fingerprint density at radius 3 is 2.09 bits per heavy atom. The van der Waals surface area contributed by atoms with Crippen LogP contribution in [0.3, 0.4) is 0 Å². The number of hydrogen-bond acceptors (Lipinski definition) is 4. The van der Waals surface area contributed by atoms with E-state index in [1.54, 1.807) is 49.4 Å². The third-order valence-electron chi connectivity index (χ3n) is 5.72.